The number of guanidine groups is 1. The first-order valence-corrected chi connectivity index (χ1v) is 5.73. The number of nitrogens with zero attached hydrogens (tertiary/aromatic N) is 2. The number of aromatic nitrogens is 1. The van der Waals surface area contributed by atoms with Crippen molar-refractivity contribution < 1.29 is 4.79 Å². The van der Waals surface area contributed by atoms with Crippen molar-refractivity contribution in [1.82, 2.24) is 15.6 Å². The summed E-state index contributed by atoms with van der Waals surface area (Å²) in [5.41, 5.74) is 0.682. The molecule has 0 radical (unpaired) electrons. The van der Waals surface area contributed by atoms with Gasteiger partial charge in [0.25, 0.3) is 5.91 Å². The second-order valence-electron chi connectivity index (χ2n) is 3.29. The monoisotopic (exact) mass is 282 g/mol. The molecule has 1 unspecified atom stereocenters. The summed E-state index contributed by atoms with van der Waals surface area (Å²) >= 11 is 3.30. The molecule has 2 rings (SSSR count). The molecule has 2 N–H and O–H groups in total. The molecule has 6 heteroatoms. The fraction of sp³-hybridized carbons (Fsp3) is 0.300. The molecule has 0 aliphatic carbocycles. The minimum absolute atomic E-state index is 0.123. The highest BCUT2D eigenvalue weighted by atomic mass is 79.9. The molecule has 1 fully saturated rings. The fourth-order valence-corrected chi connectivity index (χ4v) is 1.67. The highest BCUT2D eigenvalue weighted by Gasteiger charge is 2.30. The Morgan fingerprint density at radius 2 is 2.38 bits per heavy atom. The minimum Gasteiger partial charge on any atom is -0.339 e. The zero-order chi connectivity index (χ0) is 11.5. The number of carbonyl (C=O) groups is 1. The Kier molecular flexibility index (Phi) is 3.19. The summed E-state index contributed by atoms with van der Waals surface area (Å²) in [6.45, 7) is 2.54. The van der Waals surface area contributed by atoms with E-state index in [2.05, 4.69) is 36.5 Å². The predicted molar refractivity (Wildman–Crippen MR) is 63.9 cm³/mol. The van der Waals surface area contributed by atoms with E-state index in [4.69, 9.17) is 0 Å². The van der Waals surface area contributed by atoms with Gasteiger partial charge in [-0.05, 0) is 35.0 Å². The maximum Gasteiger partial charge on any atom is 0.255 e. The Labute approximate surface area is 101 Å². The molecule has 1 atom stereocenters. The van der Waals surface area contributed by atoms with Crippen LogP contribution in [0.3, 0.4) is 0 Å². The third kappa shape index (κ3) is 2.21. The van der Waals surface area contributed by atoms with Gasteiger partial charge in [-0.1, -0.05) is 0 Å². The van der Waals surface area contributed by atoms with Crippen molar-refractivity contribution in [3.8, 4) is 0 Å². The summed E-state index contributed by atoms with van der Waals surface area (Å²) in [5, 5.41) is 5.66. The smallest absolute Gasteiger partial charge is 0.255 e. The molecule has 1 aliphatic heterocycles. The van der Waals surface area contributed by atoms with E-state index < -0.39 is 6.04 Å². The Morgan fingerprint density at radius 1 is 1.56 bits per heavy atom. The summed E-state index contributed by atoms with van der Waals surface area (Å²) in [7, 11) is 0. The summed E-state index contributed by atoms with van der Waals surface area (Å²) < 4.78 is 0.886. The van der Waals surface area contributed by atoms with Gasteiger partial charge in [0.15, 0.2) is 12.0 Å². The van der Waals surface area contributed by atoms with Crippen LogP contribution in [0.25, 0.3) is 0 Å². The number of amides is 1. The molecule has 0 saturated carbocycles. The first-order valence-electron chi connectivity index (χ1n) is 4.94. The van der Waals surface area contributed by atoms with Crippen molar-refractivity contribution >= 4 is 27.8 Å². The summed E-state index contributed by atoms with van der Waals surface area (Å²) in [6.07, 6.45) is 1.67. The number of hydrogen-bond acceptors (Lipinski definition) is 3. The maximum absolute atomic E-state index is 11.6. The van der Waals surface area contributed by atoms with Crippen molar-refractivity contribution in [3.63, 3.8) is 0 Å². The molecular formula is C10H11BrN4O. The van der Waals surface area contributed by atoms with E-state index in [9.17, 15) is 4.79 Å². The number of rotatable bonds is 2. The lowest BCUT2D eigenvalue weighted by Crippen LogP contribution is -2.25. The Hall–Kier alpha value is -1.43. The molecule has 16 heavy (non-hydrogen) atoms. The van der Waals surface area contributed by atoms with Crippen molar-refractivity contribution in [2.24, 2.45) is 4.99 Å². The van der Waals surface area contributed by atoms with E-state index in [1.54, 1.807) is 12.3 Å². The molecule has 1 aliphatic rings. The molecular weight excluding hydrogens is 272 g/mol. The molecule has 0 spiro atoms. The predicted octanol–water partition coefficient (Wildman–Crippen LogP) is 0.980. The van der Waals surface area contributed by atoms with E-state index in [-0.39, 0.29) is 5.91 Å². The maximum atomic E-state index is 11.6. The van der Waals surface area contributed by atoms with Gasteiger partial charge in [-0.25, -0.2) is 0 Å². The molecule has 0 aromatic carbocycles. The molecule has 1 aromatic heterocycles. The zero-order valence-electron chi connectivity index (χ0n) is 8.70. The van der Waals surface area contributed by atoms with Gasteiger partial charge in [0.1, 0.15) is 0 Å². The first kappa shape index (κ1) is 11.1. The molecule has 1 aromatic rings. The minimum atomic E-state index is -0.446. The normalized spacial score (nSPS) is 22.0. The Balaban J connectivity index is 2.20. The van der Waals surface area contributed by atoms with Crippen molar-refractivity contribution in [1.29, 1.82) is 0 Å². The van der Waals surface area contributed by atoms with Gasteiger partial charge in [0.05, 0.1) is 5.69 Å². The summed E-state index contributed by atoms with van der Waals surface area (Å²) in [5.74, 6) is 0.393. The Bertz CT molecular complexity index is 429. The molecule has 2 heterocycles. The van der Waals surface area contributed by atoms with Gasteiger partial charge in [-0.15, -0.1) is 0 Å². The quantitative estimate of drug-likeness (QED) is 0.850. The van der Waals surface area contributed by atoms with Crippen LogP contribution >= 0.6 is 15.9 Å². The number of pyridine rings is 1. The second kappa shape index (κ2) is 4.61. The number of hydrogen-bond donors (Lipinski definition) is 2. The summed E-state index contributed by atoms with van der Waals surface area (Å²) in [4.78, 5) is 19.9. The van der Waals surface area contributed by atoms with Crippen LogP contribution in [-0.4, -0.2) is 23.4 Å². The van der Waals surface area contributed by atoms with Crippen LogP contribution < -0.4 is 10.6 Å². The van der Waals surface area contributed by atoms with Gasteiger partial charge >= 0.3 is 0 Å². The third-order valence-electron chi connectivity index (χ3n) is 2.15. The van der Waals surface area contributed by atoms with E-state index in [0.29, 0.717) is 18.2 Å². The average molecular weight is 283 g/mol. The first-order chi connectivity index (χ1) is 7.70. The van der Waals surface area contributed by atoms with E-state index in [0.717, 1.165) is 4.47 Å². The molecule has 0 bridgehead atoms. The lowest BCUT2D eigenvalue weighted by molar-refractivity contribution is -0.120. The third-order valence-corrected chi connectivity index (χ3v) is 2.62. The SMILES string of the molecule is CCN=C1NC(=O)C(c2ccc(Br)cn2)N1. The van der Waals surface area contributed by atoms with Gasteiger partial charge in [0.2, 0.25) is 0 Å². The van der Waals surface area contributed by atoms with E-state index >= 15 is 0 Å². The van der Waals surface area contributed by atoms with Crippen molar-refractivity contribution in [3.05, 3.63) is 28.5 Å². The lowest BCUT2D eigenvalue weighted by Gasteiger charge is -2.06. The zero-order valence-corrected chi connectivity index (χ0v) is 10.3. The highest BCUT2D eigenvalue weighted by molar-refractivity contribution is 9.10. The van der Waals surface area contributed by atoms with Crippen LogP contribution in [0, 0.1) is 0 Å². The largest absolute Gasteiger partial charge is 0.339 e. The van der Waals surface area contributed by atoms with E-state index in [1.807, 2.05) is 13.0 Å². The van der Waals surface area contributed by atoms with Gasteiger partial charge in [-0.2, -0.15) is 0 Å². The van der Waals surface area contributed by atoms with Gasteiger partial charge in [0, 0.05) is 17.2 Å². The van der Waals surface area contributed by atoms with Gasteiger partial charge in [-0.3, -0.25) is 20.1 Å². The summed E-state index contributed by atoms with van der Waals surface area (Å²) in [6, 6.07) is 3.21. The molecule has 1 saturated heterocycles. The van der Waals surface area contributed by atoms with Crippen molar-refractivity contribution in [2.75, 3.05) is 6.54 Å². The number of nitrogens with one attached hydrogen (secondary N) is 2. The molecule has 1 amide bonds. The average Bonchev–Trinajstić information content (AvgIpc) is 2.61. The van der Waals surface area contributed by atoms with Crippen LogP contribution in [0.15, 0.2) is 27.8 Å². The molecule has 5 nitrogen and oxygen atoms in total. The van der Waals surface area contributed by atoms with Crippen LogP contribution in [0.1, 0.15) is 18.7 Å². The number of halogens is 1. The van der Waals surface area contributed by atoms with Gasteiger partial charge < -0.3 is 5.32 Å². The standard InChI is InChI=1S/C10H11BrN4O/c1-2-12-10-14-8(9(16)15-10)7-4-3-6(11)5-13-7/h3-5,8H,2H2,1H3,(H2,12,14,15,16). The number of carbonyl (C=O) groups excluding carboxylic acids is 1. The van der Waals surface area contributed by atoms with E-state index in [1.165, 1.54) is 0 Å². The van der Waals surface area contributed by atoms with Crippen LogP contribution in [0.2, 0.25) is 0 Å². The second-order valence-corrected chi connectivity index (χ2v) is 4.21. The van der Waals surface area contributed by atoms with Crippen LogP contribution in [0.5, 0.6) is 0 Å². The highest BCUT2D eigenvalue weighted by Crippen LogP contribution is 2.16. The lowest BCUT2D eigenvalue weighted by atomic mass is 10.2. The number of aliphatic imine (C=N–C) groups is 1. The van der Waals surface area contributed by atoms with Crippen molar-refractivity contribution in [2.45, 2.75) is 13.0 Å². The van der Waals surface area contributed by atoms with Crippen LogP contribution in [0.4, 0.5) is 0 Å². The fourth-order valence-electron chi connectivity index (χ4n) is 1.44. The topological polar surface area (TPSA) is 66.4 Å². The Morgan fingerprint density at radius 3 is 3.00 bits per heavy atom. The van der Waals surface area contributed by atoms with Crippen LogP contribution in [-0.2, 0) is 4.79 Å². The molecule has 84 valence electrons.